The molecule has 0 aliphatic rings. The van der Waals surface area contributed by atoms with E-state index in [9.17, 15) is 16.8 Å². The Morgan fingerprint density at radius 3 is 2.13 bits per heavy atom. The van der Waals surface area contributed by atoms with Crippen molar-refractivity contribution in [3.63, 3.8) is 0 Å². The molecule has 0 unspecified atom stereocenters. The molecule has 0 aliphatic carbocycles. The molecule has 0 atom stereocenters. The number of rotatable bonds is 8. The van der Waals surface area contributed by atoms with Crippen molar-refractivity contribution in [3.8, 4) is 17.1 Å². The van der Waals surface area contributed by atoms with Crippen LogP contribution in [0.15, 0.2) is 62.8 Å². The monoisotopic (exact) mass is 451 g/mol. The van der Waals surface area contributed by atoms with Crippen molar-refractivity contribution in [2.75, 3.05) is 19.9 Å². The molecule has 160 valence electrons. The van der Waals surface area contributed by atoms with Crippen LogP contribution in [0.3, 0.4) is 0 Å². The minimum Gasteiger partial charge on any atom is -0.494 e. The third-order valence-electron chi connectivity index (χ3n) is 4.21. The van der Waals surface area contributed by atoms with Crippen LogP contribution in [-0.2, 0) is 26.4 Å². The van der Waals surface area contributed by atoms with Crippen LogP contribution < -0.4 is 4.74 Å². The van der Waals surface area contributed by atoms with Gasteiger partial charge in [-0.05, 0) is 55.5 Å². The molecule has 0 fully saturated rings. The Hall–Kier alpha value is -2.76. The smallest absolute Gasteiger partial charge is 0.243 e. The highest BCUT2D eigenvalue weighted by atomic mass is 32.2. The molecule has 0 bridgehead atoms. The van der Waals surface area contributed by atoms with E-state index in [1.54, 1.807) is 24.3 Å². The molecule has 3 aromatic rings. The van der Waals surface area contributed by atoms with Crippen molar-refractivity contribution < 1.29 is 26.1 Å². The largest absolute Gasteiger partial charge is 0.494 e. The Labute approximate surface area is 175 Å². The van der Waals surface area contributed by atoms with Gasteiger partial charge in [0.1, 0.15) is 5.75 Å². The van der Waals surface area contributed by atoms with Gasteiger partial charge in [0.15, 0.2) is 9.84 Å². The summed E-state index contributed by atoms with van der Waals surface area (Å²) in [6.45, 7) is 2.31. The van der Waals surface area contributed by atoms with E-state index >= 15 is 0 Å². The zero-order valence-electron chi connectivity index (χ0n) is 16.6. The Bertz CT molecular complexity index is 1220. The number of benzene rings is 2. The SMILES string of the molecule is CCOc1ccc(-c2noc(CN(C)S(=O)(=O)c3ccc(S(C)(=O)=O)cc3)n2)cc1. The number of hydrogen-bond donors (Lipinski definition) is 0. The maximum absolute atomic E-state index is 12.7. The zero-order chi connectivity index (χ0) is 21.9. The molecule has 0 spiro atoms. The summed E-state index contributed by atoms with van der Waals surface area (Å²) >= 11 is 0. The lowest BCUT2D eigenvalue weighted by Gasteiger charge is -2.15. The summed E-state index contributed by atoms with van der Waals surface area (Å²) in [5.41, 5.74) is 0.704. The van der Waals surface area contributed by atoms with Gasteiger partial charge in [0.25, 0.3) is 0 Å². The first-order valence-electron chi connectivity index (χ1n) is 8.93. The first-order valence-corrected chi connectivity index (χ1v) is 12.3. The Balaban J connectivity index is 1.74. The minimum atomic E-state index is -3.87. The predicted octanol–water partition coefficient (Wildman–Crippen LogP) is 2.36. The lowest BCUT2D eigenvalue weighted by atomic mass is 10.2. The Morgan fingerprint density at radius 1 is 0.967 bits per heavy atom. The highest BCUT2D eigenvalue weighted by Gasteiger charge is 2.24. The summed E-state index contributed by atoms with van der Waals surface area (Å²) in [6.07, 6.45) is 1.06. The molecule has 2 aromatic carbocycles. The molecule has 30 heavy (non-hydrogen) atoms. The van der Waals surface area contributed by atoms with E-state index in [2.05, 4.69) is 10.1 Å². The first kappa shape index (κ1) is 21.9. The number of sulfone groups is 1. The number of ether oxygens (including phenoxy) is 1. The lowest BCUT2D eigenvalue weighted by molar-refractivity contribution is 0.336. The van der Waals surface area contributed by atoms with Gasteiger partial charge in [-0.1, -0.05) is 5.16 Å². The Morgan fingerprint density at radius 2 is 1.57 bits per heavy atom. The molecule has 0 aliphatic heterocycles. The number of sulfonamides is 1. The second-order valence-electron chi connectivity index (χ2n) is 6.47. The second-order valence-corrected chi connectivity index (χ2v) is 10.5. The summed E-state index contributed by atoms with van der Waals surface area (Å²) in [5.74, 6) is 1.17. The summed E-state index contributed by atoms with van der Waals surface area (Å²) in [6, 6.07) is 12.1. The van der Waals surface area contributed by atoms with E-state index in [1.165, 1.54) is 31.3 Å². The molecule has 1 aromatic heterocycles. The van der Waals surface area contributed by atoms with E-state index < -0.39 is 19.9 Å². The van der Waals surface area contributed by atoms with E-state index in [0.717, 1.165) is 16.3 Å². The van der Waals surface area contributed by atoms with Gasteiger partial charge in [-0.15, -0.1) is 0 Å². The van der Waals surface area contributed by atoms with Gasteiger partial charge in [-0.3, -0.25) is 0 Å². The molecule has 0 saturated heterocycles. The average Bonchev–Trinajstić information content (AvgIpc) is 3.16. The number of aromatic nitrogens is 2. The van der Waals surface area contributed by atoms with Gasteiger partial charge < -0.3 is 9.26 Å². The van der Waals surface area contributed by atoms with Crippen LogP contribution in [0.1, 0.15) is 12.8 Å². The van der Waals surface area contributed by atoms with Crippen molar-refractivity contribution in [1.29, 1.82) is 0 Å². The third kappa shape index (κ3) is 4.86. The van der Waals surface area contributed by atoms with Crippen molar-refractivity contribution in [2.45, 2.75) is 23.3 Å². The summed E-state index contributed by atoms with van der Waals surface area (Å²) in [5, 5.41) is 3.89. The van der Waals surface area contributed by atoms with Crippen LogP contribution in [0.25, 0.3) is 11.4 Å². The topological polar surface area (TPSA) is 120 Å². The molecule has 11 heteroatoms. The molecular formula is C19H21N3O6S2. The second kappa shape index (κ2) is 8.54. The third-order valence-corrected chi connectivity index (χ3v) is 7.16. The van der Waals surface area contributed by atoms with Crippen LogP contribution in [0, 0.1) is 0 Å². The Kier molecular flexibility index (Phi) is 6.25. The molecule has 9 nitrogen and oxygen atoms in total. The van der Waals surface area contributed by atoms with Gasteiger partial charge >= 0.3 is 0 Å². The summed E-state index contributed by atoms with van der Waals surface area (Å²) in [4.78, 5) is 4.25. The van der Waals surface area contributed by atoms with Gasteiger partial charge in [-0.2, -0.15) is 9.29 Å². The van der Waals surface area contributed by atoms with Gasteiger partial charge in [0.2, 0.25) is 21.7 Å². The van der Waals surface area contributed by atoms with Gasteiger partial charge in [-0.25, -0.2) is 16.8 Å². The molecule has 3 rings (SSSR count). The standard InChI is InChI=1S/C19H21N3O6S2/c1-4-27-15-7-5-14(6-8-15)19-20-18(28-21-19)13-22(2)30(25,26)17-11-9-16(10-12-17)29(3,23)24/h5-12H,4,13H2,1-3H3. The average molecular weight is 452 g/mol. The normalized spacial score (nSPS) is 12.3. The molecular weight excluding hydrogens is 430 g/mol. The van der Waals surface area contributed by atoms with Gasteiger partial charge in [0.05, 0.1) is 22.9 Å². The van der Waals surface area contributed by atoms with E-state index in [1.807, 2.05) is 6.92 Å². The lowest BCUT2D eigenvalue weighted by Crippen LogP contribution is -2.26. The molecule has 0 radical (unpaired) electrons. The van der Waals surface area contributed by atoms with Crippen molar-refractivity contribution in [1.82, 2.24) is 14.4 Å². The van der Waals surface area contributed by atoms with Crippen molar-refractivity contribution >= 4 is 19.9 Å². The van der Waals surface area contributed by atoms with E-state index in [0.29, 0.717) is 18.0 Å². The van der Waals surface area contributed by atoms with Gasteiger partial charge in [0, 0.05) is 18.9 Å². The fraction of sp³-hybridized carbons (Fsp3) is 0.263. The van der Waals surface area contributed by atoms with Crippen molar-refractivity contribution in [2.24, 2.45) is 0 Å². The van der Waals surface area contributed by atoms with Crippen LogP contribution in [-0.4, -0.2) is 51.2 Å². The predicted molar refractivity (Wildman–Crippen MR) is 109 cm³/mol. The van der Waals surface area contributed by atoms with Crippen LogP contribution in [0.4, 0.5) is 0 Å². The maximum atomic E-state index is 12.7. The fourth-order valence-corrected chi connectivity index (χ4v) is 4.37. The fourth-order valence-electron chi connectivity index (χ4n) is 2.62. The van der Waals surface area contributed by atoms with Crippen LogP contribution in [0.5, 0.6) is 5.75 Å². The zero-order valence-corrected chi connectivity index (χ0v) is 18.3. The molecule has 0 saturated carbocycles. The first-order chi connectivity index (χ1) is 14.1. The summed E-state index contributed by atoms with van der Waals surface area (Å²) < 4.78 is 60.2. The maximum Gasteiger partial charge on any atom is 0.243 e. The highest BCUT2D eigenvalue weighted by Crippen LogP contribution is 2.22. The highest BCUT2D eigenvalue weighted by molar-refractivity contribution is 7.90. The molecule has 0 N–H and O–H groups in total. The van der Waals surface area contributed by atoms with Crippen LogP contribution in [0.2, 0.25) is 0 Å². The minimum absolute atomic E-state index is 0.0383. The molecule has 0 amide bonds. The van der Waals surface area contributed by atoms with Crippen molar-refractivity contribution in [3.05, 3.63) is 54.4 Å². The number of nitrogens with zero attached hydrogens (tertiary/aromatic N) is 3. The van der Waals surface area contributed by atoms with E-state index in [4.69, 9.17) is 9.26 Å². The molecule has 1 heterocycles. The van der Waals surface area contributed by atoms with E-state index in [-0.39, 0.29) is 22.2 Å². The quantitative estimate of drug-likeness (QED) is 0.512. The van der Waals surface area contributed by atoms with Crippen LogP contribution >= 0.6 is 0 Å². The number of hydrogen-bond acceptors (Lipinski definition) is 8. The summed E-state index contributed by atoms with van der Waals surface area (Å²) in [7, 11) is -5.91.